The zero-order valence-electron chi connectivity index (χ0n) is 10.5. The fraction of sp³-hybridized carbons (Fsp3) is 0. The van der Waals surface area contributed by atoms with E-state index in [0.29, 0.717) is 0 Å². The Hall–Kier alpha value is -2.92. The predicted molar refractivity (Wildman–Crippen MR) is 73.2 cm³/mol. The first-order valence-electron chi connectivity index (χ1n) is 5.64. The van der Waals surface area contributed by atoms with Crippen molar-refractivity contribution in [2.24, 2.45) is 0 Å². The highest BCUT2D eigenvalue weighted by Crippen LogP contribution is 2.19. The van der Waals surface area contributed by atoms with Gasteiger partial charge in [0.1, 0.15) is 11.0 Å². The van der Waals surface area contributed by atoms with E-state index in [1.165, 1.54) is 24.4 Å². The Kier molecular flexibility index (Phi) is 3.86. The zero-order chi connectivity index (χ0) is 15.5. The van der Waals surface area contributed by atoms with Gasteiger partial charge in [0.05, 0.1) is 23.0 Å². The van der Waals surface area contributed by atoms with Gasteiger partial charge in [0.15, 0.2) is 0 Å². The first-order valence-corrected chi connectivity index (χ1v) is 7.12. The minimum atomic E-state index is -4.00. The third-order valence-electron chi connectivity index (χ3n) is 2.53. The maximum atomic E-state index is 12.2. The van der Waals surface area contributed by atoms with E-state index < -0.39 is 16.0 Å². The molecule has 0 aliphatic heterocycles. The number of carboxylic acids is 1. The normalized spacial score (nSPS) is 10.6. The average molecular weight is 303 g/mol. The predicted octanol–water partition coefficient (Wildman–Crippen LogP) is 1.45. The quantitative estimate of drug-likeness (QED) is 0.882. The molecule has 0 aliphatic rings. The van der Waals surface area contributed by atoms with Crippen molar-refractivity contribution in [1.29, 1.82) is 5.26 Å². The third kappa shape index (κ3) is 3.16. The Balaban J connectivity index is 2.41. The van der Waals surface area contributed by atoms with Crippen molar-refractivity contribution in [3.05, 3.63) is 53.9 Å². The molecule has 1 aromatic heterocycles. The largest absolute Gasteiger partial charge is 0.478 e. The molecule has 0 spiro atoms. The summed E-state index contributed by atoms with van der Waals surface area (Å²) in [5.74, 6) is -1.22. The average Bonchev–Trinajstić information content (AvgIpc) is 2.47. The number of benzene rings is 1. The summed E-state index contributed by atoms with van der Waals surface area (Å²) in [6.07, 6.45) is 2.28. The molecule has 21 heavy (non-hydrogen) atoms. The number of carbonyl (C=O) groups is 1. The standard InChI is InChI=1S/C13H9N3O4S/c14-6-9-3-1-2-4-12(9)21(19,20)16-11-5-10(13(17)18)7-15-8-11/h1-5,7-8,16H,(H,17,18). The van der Waals surface area contributed by atoms with Crippen molar-refractivity contribution in [1.82, 2.24) is 4.98 Å². The van der Waals surface area contributed by atoms with Gasteiger partial charge in [-0.05, 0) is 18.2 Å². The van der Waals surface area contributed by atoms with Crippen LogP contribution in [0.1, 0.15) is 15.9 Å². The topological polar surface area (TPSA) is 120 Å². The van der Waals surface area contributed by atoms with E-state index in [1.54, 1.807) is 12.1 Å². The third-order valence-corrected chi connectivity index (χ3v) is 3.97. The van der Waals surface area contributed by atoms with Gasteiger partial charge >= 0.3 is 5.97 Å². The first kappa shape index (κ1) is 14.5. The number of hydrogen-bond donors (Lipinski definition) is 2. The van der Waals surface area contributed by atoms with Crippen LogP contribution in [0, 0.1) is 11.3 Å². The second kappa shape index (κ2) is 5.60. The molecule has 0 amide bonds. The Morgan fingerprint density at radius 2 is 2.00 bits per heavy atom. The summed E-state index contributed by atoms with van der Waals surface area (Å²) in [6.45, 7) is 0. The Bertz CT molecular complexity index is 840. The molecule has 0 atom stereocenters. The summed E-state index contributed by atoms with van der Waals surface area (Å²) in [7, 11) is -4.00. The lowest BCUT2D eigenvalue weighted by molar-refractivity contribution is 0.0696. The molecule has 8 heteroatoms. The molecule has 1 aromatic carbocycles. The maximum absolute atomic E-state index is 12.2. The van der Waals surface area contributed by atoms with Crippen LogP contribution in [0.4, 0.5) is 5.69 Å². The van der Waals surface area contributed by atoms with Crippen LogP contribution in [0.3, 0.4) is 0 Å². The van der Waals surface area contributed by atoms with Gasteiger partial charge in [-0.1, -0.05) is 12.1 Å². The number of aromatic nitrogens is 1. The van der Waals surface area contributed by atoms with Crippen molar-refractivity contribution in [3.8, 4) is 6.07 Å². The van der Waals surface area contributed by atoms with Gasteiger partial charge in [-0.15, -0.1) is 0 Å². The number of rotatable bonds is 4. The number of nitrogens with zero attached hydrogens (tertiary/aromatic N) is 2. The summed E-state index contributed by atoms with van der Waals surface area (Å²) < 4.78 is 26.6. The molecular formula is C13H9N3O4S. The molecule has 0 fully saturated rings. The lowest BCUT2D eigenvalue weighted by Gasteiger charge is -2.09. The number of carboxylic acid groups (broad SMARTS) is 1. The van der Waals surface area contributed by atoms with Crippen LogP contribution in [0.5, 0.6) is 0 Å². The van der Waals surface area contributed by atoms with Crippen molar-refractivity contribution in [2.75, 3.05) is 4.72 Å². The van der Waals surface area contributed by atoms with Gasteiger partial charge in [-0.2, -0.15) is 5.26 Å². The van der Waals surface area contributed by atoms with Crippen molar-refractivity contribution >= 4 is 21.7 Å². The fourth-order valence-electron chi connectivity index (χ4n) is 1.62. The van der Waals surface area contributed by atoms with Crippen LogP contribution < -0.4 is 4.72 Å². The van der Waals surface area contributed by atoms with Gasteiger partial charge in [-0.25, -0.2) is 13.2 Å². The Labute approximate surface area is 120 Å². The highest BCUT2D eigenvalue weighted by molar-refractivity contribution is 7.92. The number of nitrogens with one attached hydrogen (secondary N) is 1. The summed E-state index contributed by atoms with van der Waals surface area (Å²) in [5, 5.41) is 17.8. The number of nitriles is 1. The Morgan fingerprint density at radius 3 is 2.67 bits per heavy atom. The SMILES string of the molecule is N#Cc1ccccc1S(=O)(=O)Nc1cncc(C(=O)O)c1. The van der Waals surface area contributed by atoms with E-state index in [-0.39, 0.29) is 21.7 Å². The second-order valence-electron chi connectivity index (χ2n) is 3.98. The lowest BCUT2D eigenvalue weighted by Crippen LogP contribution is -2.15. The summed E-state index contributed by atoms with van der Waals surface area (Å²) >= 11 is 0. The molecule has 0 radical (unpaired) electrons. The molecular weight excluding hydrogens is 294 g/mol. The molecule has 0 bridgehead atoms. The number of aromatic carboxylic acids is 1. The van der Waals surface area contributed by atoms with E-state index in [1.807, 2.05) is 0 Å². The number of sulfonamides is 1. The van der Waals surface area contributed by atoms with Gasteiger partial charge < -0.3 is 5.11 Å². The first-order chi connectivity index (χ1) is 9.94. The molecule has 1 heterocycles. The number of hydrogen-bond acceptors (Lipinski definition) is 5. The van der Waals surface area contributed by atoms with Gasteiger partial charge in [-0.3, -0.25) is 9.71 Å². The molecule has 106 valence electrons. The Morgan fingerprint density at radius 1 is 1.29 bits per heavy atom. The zero-order valence-corrected chi connectivity index (χ0v) is 11.3. The van der Waals surface area contributed by atoms with Gasteiger partial charge in [0, 0.05) is 6.20 Å². The molecule has 0 aliphatic carbocycles. The minimum Gasteiger partial charge on any atom is -0.478 e. The molecule has 0 unspecified atom stereocenters. The molecule has 2 aromatic rings. The summed E-state index contributed by atoms with van der Waals surface area (Å²) in [4.78, 5) is 14.3. The molecule has 0 saturated carbocycles. The van der Waals surface area contributed by atoms with E-state index in [4.69, 9.17) is 10.4 Å². The second-order valence-corrected chi connectivity index (χ2v) is 5.63. The van der Waals surface area contributed by atoms with Gasteiger partial charge in [0.25, 0.3) is 10.0 Å². The summed E-state index contributed by atoms with van der Waals surface area (Å²) in [6, 6.07) is 8.62. The van der Waals surface area contributed by atoms with Crippen LogP contribution in [-0.4, -0.2) is 24.5 Å². The van der Waals surface area contributed by atoms with Crippen LogP contribution in [0.15, 0.2) is 47.6 Å². The maximum Gasteiger partial charge on any atom is 0.337 e. The monoisotopic (exact) mass is 303 g/mol. The van der Waals surface area contributed by atoms with Crippen LogP contribution in [-0.2, 0) is 10.0 Å². The summed E-state index contributed by atoms with van der Waals surface area (Å²) in [5.41, 5.74) is -0.154. The molecule has 7 nitrogen and oxygen atoms in total. The number of pyridine rings is 1. The van der Waals surface area contributed by atoms with E-state index in [9.17, 15) is 13.2 Å². The smallest absolute Gasteiger partial charge is 0.337 e. The molecule has 0 saturated heterocycles. The van der Waals surface area contributed by atoms with Crippen molar-refractivity contribution in [3.63, 3.8) is 0 Å². The highest BCUT2D eigenvalue weighted by atomic mass is 32.2. The van der Waals surface area contributed by atoms with Crippen molar-refractivity contribution < 1.29 is 18.3 Å². The fourth-order valence-corrected chi connectivity index (χ4v) is 2.81. The van der Waals surface area contributed by atoms with E-state index >= 15 is 0 Å². The van der Waals surface area contributed by atoms with Crippen LogP contribution >= 0.6 is 0 Å². The lowest BCUT2D eigenvalue weighted by atomic mass is 10.2. The van der Waals surface area contributed by atoms with Crippen LogP contribution in [0.2, 0.25) is 0 Å². The number of anilines is 1. The highest BCUT2D eigenvalue weighted by Gasteiger charge is 2.19. The molecule has 2 rings (SSSR count). The van der Waals surface area contributed by atoms with Crippen molar-refractivity contribution in [2.45, 2.75) is 4.90 Å². The minimum absolute atomic E-state index is 0.00245. The van der Waals surface area contributed by atoms with E-state index in [0.717, 1.165) is 12.3 Å². The van der Waals surface area contributed by atoms with E-state index in [2.05, 4.69) is 9.71 Å². The molecule has 2 N–H and O–H groups in total. The van der Waals surface area contributed by atoms with Crippen LogP contribution in [0.25, 0.3) is 0 Å². The van der Waals surface area contributed by atoms with Gasteiger partial charge in [0.2, 0.25) is 0 Å².